The number of aromatic nitrogens is 2. The Labute approximate surface area is 169 Å². The molecule has 1 aliphatic rings. The van der Waals surface area contributed by atoms with Gasteiger partial charge in [-0.05, 0) is 48.5 Å². The lowest BCUT2D eigenvalue weighted by Gasteiger charge is -2.01. The lowest BCUT2D eigenvalue weighted by molar-refractivity contribution is -0.385. The molecule has 0 spiro atoms. The zero-order chi connectivity index (χ0) is 20.7. The van der Waals surface area contributed by atoms with Gasteiger partial charge in [0.05, 0.1) is 33.3 Å². The Morgan fingerprint density at radius 1 is 1.10 bits per heavy atom. The molecule has 1 aromatic heterocycles. The summed E-state index contributed by atoms with van der Waals surface area (Å²) < 4.78 is 10.5. The number of hydrogen-bond acceptors (Lipinski definition) is 7. The molecular weight excluding hydrogens is 386 g/mol. The van der Waals surface area contributed by atoms with E-state index in [1.807, 2.05) is 36.4 Å². The van der Waals surface area contributed by atoms with Crippen molar-refractivity contribution in [2.45, 2.75) is 0 Å². The number of nitrogens with two attached hydrogens (primary N) is 1. The maximum atomic E-state index is 11.4. The molecule has 0 amide bonds. The van der Waals surface area contributed by atoms with Gasteiger partial charge in [-0.15, -0.1) is 0 Å². The van der Waals surface area contributed by atoms with Crippen molar-refractivity contribution in [3.8, 4) is 22.9 Å². The zero-order valence-corrected chi connectivity index (χ0v) is 15.5. The lowest BCUT2D eigenvalue weighted by Crippen LogP contribution is -1.94. The van der Waals surface area contributed by atoms with Gasteiger partial charge in [0.25, 0.3) is 5.69 Å². The molecule has 3 N–H and O–H groups in total. The third-order valence-corrected chi connectivity index (χ3v) is 4.72. The molecule has 0 atom stereocenters. The Morgan fingerprint density at radius 3 is 2.63 bits per heavy atom. The van der Waals surface area contributed by atoms with Crippen molar-refractivity contribution in [1.29, 1.82) is 0 Å². The van der Waals surface area contributed by atoms with Crippen LogP contribution in [-0.2, 0) is 0 Å². The van der Waals surface area contributed by atoms with Gasteiger partial charge in [0, 0.05) is 17.5 Å². The molecule has 4 aromatic rings. The Kier molecular flexibility index (Phi) is 4.06. The fraction of sp³-hybridized carbons (Fsp3) is 0.0476. The van der Waals surface area contributed by atoms with Gasteiger partial charge in [-0.3, -0.25) is 15.1 Å². The van der Waals surface area contributed by atoms with Crippen LogP contribution in [-0.4, -0.2) is 27.9 Å². The van der Waals surface area contributed by atoms with E-state index in [2.05, 4.69) is 15.0 Å². The second kappa shape index (κ2) is 6.89. The van der Waals surface area contributed by atoms with E-state index in [0.717, 1.165) is 22.4 Å². The lowest BCUT2D eigenvalue weighted by atomic mass is 10.1. The van der Waals surface area contributed by atoms with E-state index >= 15 is 0 Å². The number of hydrogen-bond donors (Lipinski definition) is 2. The van der Waals surface area contributed by atoms with Crippen LogP contribution in [0, 0.1) is 10.1 Å². The summed E-state index contributed by atoms with van der Waals surface area (Å²) in [7, 11) is 0. The number of rotatable bonds is 4. The van der Waals surface area contributed by atoms with Crippen LogP contribution < -0.4 is 15.2 Å². The van der Waals surface area contributed by atoms with Gasteiger partial charge in [-0.25, -0.2) is 4.98 Å². The minimum atomic E-state index is -0.471. The van der Waals surface area contributed by atoms with E-state index < -0.39 is 4.92 Å². The highest BCUT2D eigenvalue weighted by Gasteiger charge is 2.22. The molecule has 148 valence electrons. The molecule has 0 bridgehead atoms. The first-order valence-corrected chi connectivity index (χ1v) is 9.04. The number of aliphatic imine (C=N–C) groups is 1. The molecular formula is C21H15N5O4. The molecule has 0 saturated heterocycles. The summed E-state index contributed by atoms with van der Waals surface area (Å²) in [5, 5.41) is 11.4. The van der Waals surface area contributed by atoms with Crippen LogP contribution in [0.25, 0.3) is 22.4 Å². The van der Waals surface area contributed by atoms with Crippen LogP contribution >= 0.6 is 0 Å². The van der Waals surface area contributed by atoms with Gasteiger partial charge in [-0.2, -0.15) is 0 Å². The van der Waals surface area contributed by atoms with Gasteiger partial charge in [0.15, 0.2) is 11.5 Å². The highest BCUT2D eigenvalue weighted by Crippen LogP contribution is 2.37. The van der Waals surface area contributed by atoms with Gasteiger partial charge < -0.3 is 20.2 Å². The number of ether oxygens (including phenoxy) is 2. The molecule has 0 saturated carbocycles. The predicted octanol–water partition coefficient (Wildman–Crippen LogP) is 4.20. The zero-order valence-electron chi connectivity index (χ0n) is 15.5. The van der Waals surface area contributed by atoms with Crippen LogP contribution in [0.15, 0.2) is 59.6 Å². The molecule has 30 heavy (non-hydrogen) atoms. The number of nitro groups is 1. The van der Waals surface area contributed by atoms with Crippen molar-refractivity contribution in [3.63, 3.8) is 0 Å². The van der Waals surface area contributed by atoms with Crippen molar-refractivity contribution < 1.29 is 14.4 Å². The summed E-state index contributed by atoms with van der Waals surface area (Å²) in [6, 6.07) is 15.8. The third kappa shape index (κ3) is 3.18. The Hall–Kier alpha value is -4.40. The van der Waals surface area contributed by atoms with E-state index in [1.54, 1.807) is 12.1 Å². The number of anilines is 1. The van der Waals surface area contributed by atoms with Crippen molar-refractivity contribution in [1.82, 2.24) is 9.97 Å². The topological polar surface area (TPSA) is 129 Å². The maximum Gasteiger partial charge on any atom is 0.282 e. The van der Waals surface area contributed by atoms with E-state index in [9.17, 15) is 10.1 Å². The van der Waals surface area contributed by atoms with Crippen molar-refractivity contribution in [2.24, 2.45) is 4.99 Å². The number of aromatic amines is 1. The number of benzene rings is 3. The molecule has 1 aliphatic heterocycles. The number of imidazole rings is 1. The van der Waals surface area contributed by atoms with Crippen molar-refractivity contribution in [3.05, 3.63) is 70.3 Å². The number of fused-ring (bicyclic) bond motifs is 2. The highest BCUT2D eigenvalue weighted by atomic mass is 16.7. The highest BCUT2D eigenvalue weighted by molar-refractivity contribution is 5.89. The molecule has 0 fully saturated rings. The Balaban J connectivity index is 1.42. The first-order chi connectivity index (χ1) is 14.6. The van der Waals surface area contributed by atoms with Gasteiger partial charge in [-0.1, -0.05) is 0 Å². The average molecular weight is 401 g/mol. The largest absolute Gasteiger partial charge is 0.454 e. The fourth-order valence-electron chi connectivity index (χ4n) is 3.22. The number of nitro benzene ring substituents is 1. The van der Waals surface area contributed by atoms with Crippen LogP contribution in [0.2, 0.25) is 0 Å². The van der Waals surface area contributed by atoms with Crippen LogP contribution in [0.1, 0.15) is 5.56 Å². The fourth-order valence-corrected chi connectivity index (χ4v) is 3.22. The number of H-pyrrole nitrogens is 1. The predicted molar refractivity (Wildman–Crippen MR) is 112 cm³/mol. The van der Waals surface area contributed by atoms with E-state index in [1.165, 1.54) is 12.3 Å². The van der Waals surface area contributed by atoms with Gasteiger partial charge in [0.1, 0.15) is 5.82 Å². The van der Waals surface area contributed by atoms with Crippen molar-refractivity contribution in [2.75, 3.05) is 12.5 Å². The van der Waals surface area contributed by atoms with Gasteiger partial charge in [0.2, 0.25) is 6.79 Å². The van der Waals surface area contributed by atoms with Crippen LogP contribution in [0.5, 0.6) is 11.5 Å². The summed E-state index contributed by atoms with van der Waals surface area (Å²) in [5.74, 6) is 1.54. The summed E-state index contributed by atoms with van der Waals surface area (Å²) in [4.78, 5) is 23.1. The first-order valence-electron chi connectivity index (χ1n) is 9.04. The third-order valence-electron chi connectivity index (χ3n) is 4.72. The summed E-state index contributed by atoms with van der Waals surface area (Å²) in [6.45, 7) is 0.0446. The number of nitrogens with one attached hydrogen (secondary N) is 1. The van der Waals surface area contributed by atoms with E-state index in [-0.39, 0.29) is 12.5 Å². The SMILES string of the molecule is Nc1ccc2nc(-c3ccc(N=Cc4cc5c(cc4[N+](=O)[O-])OCO5)cc3)[nH]c2c1. The molecule has 0 unspecified atom stereocenters. The minimum absolute atomic E-state index is 0.0446. The second-order valence-electron chi connectivity index (χ2n) is 6.69. The molecule has 9 heteroatoms. The molecule has 3 aromatic carbocycles. The summed E-state index contributed by atoms with van der Waals surface area (Å²) in [6.07, 6.45) is 1.44. The monoisotopic (exact) mass is 401 g/mol. The molecule has 0 radical (unpaired) electrons. The molecule has 0 aliphatic carbocycles. The number of nitrogens with zero attached hydrogens (tertiary/aromatic N) is 3. The normalized spacial score (nSPS) is 12.7. The number of nitrogen functional groups attached to an aromatic ring is 1. The molecule has 2 heterocycles. The Morgan fingerprint density at radius 2 is 1.87 bits per heavy atom. The standard InChI is InChI=1S/C21H15N5O4/c22-14-3-6-16-17(8-14)25-21(24-16)12-1-4-15(5-2-12)23-10-13-7-19-20(30-11-29-19)9-18(13)26(27)28/h1-10H,11,22H2,(H,24,25). The smallest absolute Gasteiger partial charge is 0.282 e. The minimum Gasteiger partial charge on any atom is -0.454 e. The first kappa shape index (κ1) is 17.7. The summed E-state index contributed by atoms with van der Waals surface area (Å²) in [5.41, 5.74) is 9.94. The molecule has 5 rings (SSSR count). The molecule has 9 nitrogen and oxygen atoms in total. The van der Waals surface area contributed by atoms with Crippen LogP contribution in [0.4, 0.5) is 17.1 Å². The Bertz CT molecular complexity index is 1310. The van der Waals surface area contributed by atoms with Crippen LogP contribution in [0.3, 0.4) is 0 Å². The second-order valence-corrected chi connectivity index (χ2v) is 6.69. The van der Waals surface area contributed by atoms with E-state index in [4.69, 9.17) is 15.2 Å². The average Bonchev–Trinajstić information content (AvgIpc) is 3.37. The quantitative estimate of drug-likeness (QED) is 0.228. The maximum absolute atomic E-state index is 11.4. The van der Waals surface area contributed by atoms with Crippen molar-refractivity contribution >= 4 is 34.3 Å². The summed E-state index contributed by atoms with van der Waals surface area (Å²) >= 11 is 0. The van der Waals surface area contributed by atoms with Gasteiger partial charge >= 0.3 is 0 Å². The van der Waals surface area contributed by atoms with E-state index in [0.29, 0.717) is 28.4 Å².